The van der Waals surface area contributed by atoms with E-state index < -0.39 is 0 Å². The molecule has 0 spiro atoms. The van der Waals surface area contributed by atoms with Crippen LogP contribution in [0.3, 0.4) is 0 Å². The second kappa shape index (κ2) is 7.96. The van der Waals surface area contributed by atoms with Gasteiger partial charge in [-0.15, -0.1) is 0 Å². The lowest BCUT2D eigenvalue weighted by molar-refractivity contribution is -0.129. The Morgan fingerprint density at radius 3 is 2.32 bits per heavy atom. The standard InChI is InChI=1S/C21H25N5O2/c1-15(27)25-11-8-17(9-12-25)16-4-6-19(7-5-16)23-21(28)26-13-18(14-26)20-3-2-10-22-24-20/h2-7,10,17-18H,8-9,11-14H2,1H3,(H,23,28). The number of hydrogen-bond acceptors (Lipinski definition) is 4. The van der Waals surface area contributed by atoms with Crippen molar-refractivity contribution in [2.75, 3.05) is 31.5 Å². The van der Waals surface area contributed by atoms with Crippen LogP contribution in [0.15, 0.2) is 42.6 Å². The highest BCUT2D eigenvalue weighted by atomic mass is 16.2. The van der Waals surface area contributed by atoms with E-state index in [0.29, 0.717) is 19.0 Å². The molecule has 0 saturated carbocycles. The van der Waals surface area contributed by atoms with Crippen molar-refractivity contribution in [3.8, 4) is 0 Å². The predicted octanol–water partition coefficient (Wildman–Crippen LogP) is 2.83. The third-order valence-electron chi connectivity index (χ3n) is 5.75. The van der Waals surface area contributed by atoms with Crippen molar-refractivity contribution >= 4 is 17.6 Å². The molecule has 0 aliphatic carbocycles. The molecule has 7 nitrogen and oxygen atoms in total. The van der Waals surface area contributed by atoms with Crippen LogP contribution in [0, 0.1) is 0 Å². The summed E-state index contributed by atoms with van der Waals surface area (Å²) in [5, 5.41) is 11.0. The molecule has 4 rings (SSSR count). The highest BCUT2D eigenvalue weighted by Crippen LogP contribution is 2.29. The number of carbonyl (C=O) groups excluding carboxylic acids is 2. The van der Waals surface area contributed by atoms with Crippen molar-refractivity contribution in [2.24, 2.45) is 0 Å². The maximum absolute atomic E-state index is 12.4. The van der Waals surface area contributed by atoms with Crippen molar-refractivity contribution in [1.82, 2.24) is 20.0 Å². The smallest absolute Gasteiger partial charge is 0.321 e. The molecule has 3 heterocycles. The fourth-order valence-corrected chi connectivity index (χ4v) is 3.93. The molecule has 0 bridgehead atoms. The van der Waals surface area contributed by atoms with Crippen LogP contribution >= 0.6 is 0 Å². The number of likely N-dealkylation sites (tertiary alicyclic amines) is 2. The molecule has 0 unspecified atom stereocenters. The number of nitrogens with one attached hydrogen (secondary N) is 1. The SMILES string of the molecule is CC(=O)N1CCC(c2ccc(NC(=O)N3CC(c4cccnn4)C3)cc2)CC1. The Labute approximate surface area is 164 Å². The molecule has 2 aliphatic rings. The van der Waals surface area contributed by atoms with E-state index in [4.69, 9.17) is 0 Å². The number of urea groups is 1. The van der Waals surface area contributed by atoms with Crippen molar-refractivity contribution < 1.29 is 9.59 Å². The van der Waals surface area contributed by atoms with Crippen molar-refractivity contribution in [3.05, 3.63) is 53.9 Å². The quantitative estimate of drug-likeness (QED) is 0.889. The zero-order chi connectivity index (χ0) is 19.5. The van der Waals surface area contributed by atoms with Crippen molar-refractivity contribution in [1.29, 1.82) is 0 Å². The summed E-state index contributed by atoms with van der Waals surface area (Å²) in [4.78, 5) is 27.5. The lowest BCUT2D eigenvalue weighted by Gasteiger charge is -2.38. The Morgan fingerprint density at radius 1 is 1.00 bits per heavy atom. The van der Waals surface area contributed by atoms with Crippen LogP contribution in [0.25, 0.3) is 0 Å². The Hall–Kier alpha value is -2.96. The number of anilines is 1. The van der Waals surface area contributed by atoms with Gasteiger partial charge in [-0.2, -0.15) is 10.2 Å². The Balaban J connectivity index is 1.27. The van der Waals surface area contributed by atoms with Crippen LogP contribution < -0.4 is 5.32 Å². The number of amides is 3. The minimum Gasteiger partial charge on any atom is -0.343 e. The zero-order valence-corrected chi connectivity index (χ0v) is 16.0. The van der Waals surface area contributed by atoms with E-state index >= 15 is 0 Å². The van der Waals surface area contributed by atoms with E-state index in [1.54, 1.807) is 18.0 Å². The number of nitrogens with zero attached hydrogens (tertiary/aromatic N) is 4. The summed E-state index contributed by atoms with van der Waals surface area (Å²) in [6.07, 6.45) is 3.63. The molecule has 2 aliphatic heterocycles. The van der Waals surface area contributed by atoms with Gasteiger partial charge >= 0.3 is 6.03 Å². The number of benzene rings is 1. The molecule has 2 aromatic rings. The fourth-order valence-electron chi connectivity index (χ4n) is 3.93. The number of hydrogen-bond donors (Lipinski definition) is 1. The molecule has 2 saturated heterocycles. The summed E-state index contributed by atoms with van der Waals surface area (Å²) in [7, 11) is 0. The molecule has 28 heavy (non-hydrogen) atoms. The zero-order valence-electron chi connectivity index (χ0n) is 16.0. The molecular weight excluding hydrogens is 354 g/mol. The highest BCUT2D eigenvalue weighted by Gasteiger charge is 2.32. The minimum absolute atomic E-state index is 0.0809. The van der Waals surface area contributed by atoms with Gasteiger partial charge in [0.1, 0.15) is 0 Å². The first-order chi connectivity index (χ1) is 13.6. The first-order valence-electron chi connectivity index (χ1n) is 9.79. The molecule has 146 valence electrons. The second-order valence-corrected chi connectivity index (χ2v) is 7.58. The molecular formula is C21H25N5O2. The largest absolute Gasteiger partial charge is 0.343 e. The summed E-state index contributed by atoms with van der Waals surface area (Å²) in [6, 6.07) is 11.8. The van der Waals surface area contributed by atoms with Crippen LogP contribution in [-0.4, -0.2) is 58.1 Å². The van der Waals surface area contributed by atoms with Gasteiger partial charge in [0.05, 0.1) is 5.69 Å². The average Bonchev–Trinajstić information content (AvgIpc) is 2.68. The van der Waals surface area contributed by atoms with Gasteiger partial charge in [0, 0.05) is 50.9 Å². The van der Waals surface area contributed by atoms with E-state index in [-0.39, 0.29) is 17.9 Å². The number of aromatic nitrogens is 2. The maximum Gasteiger partial charge on any atom is 0.321 e. The topological polar surface area (TPSA) is 78.4 Å². The summed E-state index contributed by atoms with van der Waals surface area (Å²) in [5.41, 5.74) is 3.01. The highest BCUT2D eigenvalue weighted by molar-refractivity contribution is 5.90. The molecule has 7 heteroatoms. The van der Waals surface area contributed by atoms with Gasteiger partial charge in [-0.25, -0.2) is 4.79 Å². The molecule has 1 N–H and O–H groups in total. The van der Waals surface area contributed by atoms with Crippen molar-refractivity contribution in [3.63, 3.8) is 0 Å². The molecule has 2 fully saturated rings. The molecule has 1 aromatic carbocycles. The molecule has 1 aromatic heterocycles. The van der Waals surface area contributed by atoms with Gasteiger partial charge in [-0.3, -0.25) is 4.79 Å². The normalized spacial score (nSPS) is 17.9. The van der Waals surface area contributed by atoms with Gasteiger partial charge in [0.25, 0.3) is 0 Å². The van der Waals surface area contributed by atoms with E-state index in [9.17, 15) is 9.59 Å². The summed E-state index contributed by atoms with van der Waals surface area (Å²) >= 11 is 0. The van der Waals surface area contributed by atoms with Crippen molar-refractivity contribution in [2.45, 2.75) is 31.6 Å². The van der Waals surface area contributed by atoms with Gasteiger partial charge in [0.15, 0.2) is 0 Å². The molecule has 0 radical (unpaired) electrons. The Morgan fingerprint density at radius 2 is 1.71 bits per heavy atom. The lowest BCUT2D eigenvalue weighted by Crippen LogP contribution is -2.50. The minimum atomic E-state index is -0.0809. The van der Waals surface area contributed by atoms with Gasteiger partial charge < -0.3 is 15.1 Å². The Kier molecular flexibility index (Phi) is 5.23. The predicted molar refractivity (Wildman–Crippen MR) is 106 cm³/mol. The fraction of sp³-hybridized carbons (Fsp3) is 0.429. The van der Waals surface area contributed by atoms with Crippen LogP contribution in [-0.2, 0) is 4.79 Å². The van der Waals surface area contributed by atoms with Crippen LogP contribution in [0.1, 0.15) is 42.9 Å². The number of rotatable bonds is 3. The monoisotopic (exact) mass is 379 g/mol. The van der Waals surface area contributed by atoms with E-state index in [1.165, 1.54) is 5.56 Å². The number of piperidine rings is 1. The second-order valence-electron chi connectivity index (χ2n) is 7.58. The van der Waals surface area contributed by atoms with Gasteiger partial charge in [-0.05, 0) is 48.6 Å². The first-order valence-corrected chi connectivity index (χ1v) is 9.79. The van der Waals surface area contributed by atoms with E-state index in [0.717, 1.165) is 37.3 Å². The lowest BCUT2D eigenvalue weighted by atomic mass is 9.89. The van der Waals surface area contributed by atoms with E-state index in [1.807, 2.05) is 29.2 Å². The first kappa shape index (κ1) is 18.4. The molecule has 3 amide bonds. The van der Waals surface area contributed by atoms with E-state index in [2.05, 4.69) is 27.6 Å². The van der Waals surface area contributed by atoms with Gasteiger partial charge in [-0.1, -0.05) is 12.1 Å². The third-order valence-corrected chi connectivity index (χ3v) is 5.75. The summed E-state index contributed by atoms with van der Waals surface area (Å²) in [5.74, 6) is 0.898. The average molecular weight is 379 g/mol. The van der Waals surface area contributed by atoms with Gasteiger partial charge in [0.2, 0.25) is 5.91 Å². The number of carbonyl (C=O) groups is 2. The summed E-state index contributed by atoms with van der Waals surface area (Å²) < 4.78 is 0. The Bertz CT molecular complexity index is 826. The third kappa shape index (κ3) is 3.98. The molecule has 0 atom stereocenters. The summed E-state index contributed by atoms with van der Waals surface area (Å²) in [6.45, 7) is 4.60. The van der Waals surface area contributed by atoms with Crippen LogP contribution in [0.4, 0.5) is 10.5 Å². The maximum atomic E-state index is 12.4. The van der Waals surface area contributed by atoms with Crippen LogP contribution in [0.2, 0.25) is 0 Å². The van der Waals surface area contributed by atoms with Crippen LogP contribution in [0.5, 0.6) is 0 Å².